The molecule has 0 N–H and O–H groups in total. The monoisotopic (exact) mass is 286 g/mol. The van der Waals surface area contributed by atoms with Gasteiger partial charge in [0.15, 0.2) is 0 Å². The van der Waals surface area contributed by atoms with Gasteiger partial charge in [-0.3, -0.25) is 4.79 Å². The number of carbonyl (C=O) groups is 1. The zero-order valence-electron chi connectivity index (χ0n) is 13.1. The summed E-state index contributed by atoms with van der Waals surface area (Å²) in [4.78, 5) is 18.4. The van der Waals surface area contributed by atoms with Gasteiger partial charge in [0.05, 0.1) is 0 Å². The Morgan fingerprint density at radius 1 is 1.38 bits per heavy atom. The standard InChI is InChI=1S/C16H23BN2O2/c1-16(2,3)21-15(20)10-12-6-8-19(9-7-12)14-5-4-13(17)11-18-14/h4-5,11-12H,6-10H2,1-3H3. The Hall–Kier alpha value is -1.52. The third-order valence-corrected chi connectivity index (χ3v) is 3.58. The van der Waals surface area contributed by atoms with E-state index in [0.717, 1.165) is 31.7 Å². The predicted molar refractivity (Wildman–Crippen MR) is 85.0 cm³/mol. The lowest BCUT2D eigenvalue weighted by Crippen LogP contribution is -2.35. The highest BCUT2D eigenvalue weighted by Gasteiger charge is 2.24. The lowest BCUT2D eigenvalue weighted by Gasteiger charge is -2.33. The summed E-state index contributed by atoms with van der Waals surface area (Å²) in [7, 11) is 5.65. The molecule has 112 valence electrons. The third-order valence-electron chi connectivity index (χ3n) is 3.58. The quantitative estimate of drug-likeness (QED) is 0.628. The maximum absolute atomic E-state index is 11.9. The Bertz CT molecular complexity index is 474. The lowest BCUT2D eigenvalue weighted by atomic mass is 9.93. The molecular weight excluding hydrogens is 263 g/mol. The molecule has 2 radical (unpaired) electrons. The van der Waals surface area contributed by atoms with E-state index in [1.165, 1.54) is 0 Å². The van der Waals surface area contributed by atoms with Crippen LogP contribution in [0.5, 0.6) is 0 Å². The molecule has 0 aromatic carbocycles. The van der Waals surface area contributed by atoms with E-state index in [0.29, 0.717) is 17.8 Å². The Labute approximate surface area is 128 Å². The van der Waals surface area contributed by atoms with Crippen molar-refractivity contribution < 1.29 is 9.53 Å². The molecule has 0 atom stereocenters. The average molecular weight is 286 g/mol. The maximum atomic E-state index is 11.9. The molecule has 0 unspecified atom stereocenters. The first-order valence-electron chi connectivity index (χ1n) is 7.52. The minimum atomic E-state index is -0.397. The van der Waals surface area contributed by atoms with E-state index in [4.69, 9.17) is 12.6 Å². The van der Waals surface area contributed by atoms with Crippen LogP contribution in [0.4, 0.5) is 5.82 Å². The highest BCUT2D eigenvalue weighted by atomic mass is 16.6. The summed E-state index contributed by atoms with van der Waals surface area (Å²) in [5.41, 5.74) is 0.282. The molecule has 0 aliphatic carbocycles. The van der Waals surface area contributed by atoms with E-state index >= 15 is 0 Å². The SMILES string of the molecule is [B]c1ccc(N2CCC(CC(=O)OC(C)(C)C)CC2)nc1. The summed E-state index contributed by atoms with van der Waals surface area (Å²) in [5, 5.41) is 0. The Balaban J connectivity index is 1.80. The van der Waals surface area contributed by atoms with Crippen LogP contribution in [0.3, 0.4) is 0 Å². The molecule has 0 saturated carbocycles. The van der Waals surface area contributed by atoms with Gasteiger partial charge >= 0.3 is 5.97 Å². The molecule has 21 heavy (non-hydrogen) atoms. The van der Waals surface area contributed by atoms with Crippen molar-refractivity contribution in [2.75, 3.05) is 18.0 Å². The fraction of sp³-hybridized carbons (Fsp3) is 0.625. The largest absolute Gasteiger partial charge is 0.460 e. The molecular formula is C16H23BN2O2. The van der Waals surface area contributed by atoms with Crippen molar-refractivity contribution in [1.29, 1.82) is 0 Å². The number of aromatic nitrogens is 1. The molecule has 1 aliphatic heterocycles. The smallest absolute Gasteiger partial charge is 0.306 e. The van der Waals surface area contributed by atoms with E-state index in [9.17, 15) is 4.79 Å². The molecule has 0 spiro atoms. The normalized spacial score (nSPS) is 16.8. The fourth-order valence-corrected chi connectivity index (χ4v) is 2.57. The Morgan fingerprint density at radius 3 is 2.57 bits per heavy atom. The van der Waals surface area contributed by atoms with Crippen LogP contribution in [0, 0.1) is 5.92 Å². The first-order chi connectivity index (χ1) is 9.83. The second-order valence-corrected chi connectivity index (χ2v) is 6.67. The van der Waals surface area contributed by atoms with Crippen molar-refractivity contribution >= 4 is 25.1 Å². The number of hydrogen-bond acceptors (Lipinski definition) is 4. The summed E-state index contributed by atoms with van der Waals surface area (Å²) >= 11 is 0. The van der Waals surface area contributed by atoms with Gasteiger partial charge in [-0.2, -0.15) is 0 Å². The molecule has 2 heterocycles. The molecule has 1 aromatic rings. The molecule has 4 nitrogen and oxygen atoms in total. The lowest BCUT2D eigenvalue weighted by molar-refractivity contribution is -0.156. The van der Waals surface area contributed by atoms with Crippen molar-refractivity contribution in [3.8, 4) is 0 Å². The Morgan fingerprint density at radius 2 is 2.05 bits per heavy atom. The zero-order valence-corrected chi connectivity index (χ0v) is 13.1. The third kappa shape index (κ3) is 5.07. The minimum Gasteiger partial charge on any atom is -0.460 e. The van der Waals surface area contributed by atoms with Gasteiger partial charge in [0.2, 0.25) is 0 Å². The first-order valence-corrected chi connectivity index (χ1v) is 7.52. The molecule has 0 bridgehead atoms. The first kappa shape index (κ1) is 15.9. The van der Waals surface area contributed by atoms with Crippen LogP contribution in [0.25, 0.3) is 0 Å². The number of carbonyl (C=O) groups excluding carboxylic acids is 1. The van der Waals surface area contributed by atoms with Gasteiger partial charge in [-0.1, -0.05) is 11.5 Å². The van der Waals surface area contributed by atoms with Gasteiger partial charge < -0.3 is 9.64 Å². The van der Waals surface area contributed by atoms with Crippen LogP contribution in [-0.4, -0.2) is 37.5 Å². The van der Waals surface area contributed by atoms with E-state index in [1.54, 1.807) is 6.20 Å². The predicted octanol–water partition coefficient (Wildman–Crippen LogP) is 1.82. The van der Waals surface area contributed by atoms with E-state index < -0.39 is 5.60 Å². The number of nitrogens with zero attached hydrogens (tertiary/aromatic N) is 2. The van der Waals surface area contributed by atoms with Gasteiger partial charge in [-0.15, -0.1) is 0 Å². The second-order valence-electron chi connectivity index (χ2n) is 6.67. The molecule has 1 aliphatic rings. The summed E-state index contributed by atoms with van der Waals surface area (Å²) in [6, 6.07) is 3.82. The molecule has 0 amide bonds. The number of rotatable bonds is 3. The van der Waals surface area contributed by atoms with Gasteiger partial charge in [0, 0.05) is 25.7 Å². The summed E-state index contributed by atoms with van der Waals surface area (Å²) in [6.45, 7) is 7.55. The van der Waals surface area contributed by atoms with Crippen LogP contribution in [0.2, 0.25) is 0 Å². The fourth-order valence-electron chi connectivity index (χ4n) is 2.57. The summed E-state index contributed by atoms with van der Waals surface area (Å²) in [6.07, 6.45) is 4.18. The summed E-state index contributed by atoms with van der Waals surface area (Å²) < 4.78 is 5.39. The molecule has 1 fully saturated rings. The van der Waals surface area contributed by atoms with Crippen LogP contribution in [-0.2, 0) is 9.53 Å². The second kappa shape index (κ2) is 6.50. The van der Waals surface area contributed by atoms with E-state index in [1.807, 2.05) is 32.9 Å². The number of esters is 1. The molecule has 1 saturated heterocycles. The van der Waals surface area contributed by atoms with Crippen LogP contribution in [0.1, 0.15) is 40.0 Å². The van der Waals surface area contributed by atoms with Crippen LogP contribution >= 0.6 is 0 Å². The van der Waals surface area contributed by atoms with Crippen molar-refractivity contribution in [2.45, 2.75) is 45.6 Å². The number of pyridine rings is 1. The molecule has 5 heteroatoms. The number of ether oxygens (including phenoxy) is 1. The van der Waals surface area contributed by atoms with E-state index in [2.05, 4.69) is 9.88 Å². The van der Waals surface area contributed by atoms with E-state index in [-0.39, 0.29) is 5.97 Å². The maximum Gasteiger partial charge on any atom is 0.306 e. The summed E-state index contributed by atoms with van der Waals surface area (Å²) in [5.74, 6) is 1.27. The molecule has 2 rings (SSSR count). The van der Waals surface area contributed by atoms with Gasteiger partial charge in [0.25, 0.3) is 0 Å². The van der Waals surface area contributed by atoms with Crippen LogP contribution < -0.4 is 10.4 Å². The van der Waals surface area contributed by atoms with Gasteiger partial charge in [0.1, 0.15) is 19.3 Å². The van der Waals surface area contributed by atoms with Crippen molar-refractivity contribution in [3.63, 3.8) is 0 Å². The highest BCUT2D eigenvalue weighted by Crippen LogP contribution is 2.24. The Kier molecular flexibility index (Phi) is 4.91. The van der Waals surface area contributed by atoms with Gasteiger partial charge in [-0.05, 0) is 45.6 Å². The number of hydrogen-bond donors (Lipinski definition) is 0. The van der Waals surface area contributed by atoms with Gasteiger partial charge in [-0.25, -0.2) is 4.98 Å². The van der Waals surface area contributed by atoms with Crippen molar-refractivity contribution in [2.24, 2.45) is 5.92 Å². The van der Waals surface area contributed by atoms with Crippen LogP contribution in [0.15, 0.2) is 18.3 Å². The minimum absolute atomic E-state index is 0.0911. The van der Waals surface area contributed by atoms with Crippen molar-refractivity contribution in [3.05, 3.63) is 18.3 Å². The topological polar surface area (TPSA) is 42.4 Å². The number of piperidine rings is 1. The average Bonchev–Trinajstić information content (AvgIpc) is 2.38. The zero-order chi connectivity index (χ0) is 15.5. The molecule has 1 aromatic heterocycles. The van der Waals surface area contributed by atoms with Crippen molar-refractivity contribution in [1.82, 2.24) is 4.98 Å². The highest BCUT2D eigenvalue weighted by molar-refractivity contribution is 6.32. The number of anilines is 1.